The van der Waals surface area contributed by atoms with Gasteiger partial charge in [0.25, 0.3) is 0 Å². The largest absolute Gasteiger partial charge is 0.353 e. The number of nitrogens with one attached hydrogen (secondary N) is 1. The Hall–Kier alpha value is -1.72. The van der Waals surface area contributed by atoms with Gasteiger partial charge in [-0.15, -0.1) is 0 Å². The Morgan fingerprint density at radius 2 is 1.90 bits per heavy atom. The molecule has 0 atom stereocenters. The van der Waals surface area contributed by atoms with E-state index in [0.717, 1.165) is 11.4 Å². The van der Waals surface area contributed by atoms with E-state index in [1.54, 1.807) is 0 Å². The van der Waals surface area contributed by atoms with E-state index in [4.69, 9.17) is 0 Å². The molecule has 0 spiro atoms. The third kappa shape index (κ3) is 3.65. The van der Waals surface area contributed by atoms with Gasteiger partial charge in [-0.25, -0.2) is 14.4 Å². The van der Waals surface area contributed by atoms with Gasteiger partial charge in [0.2, 0.25) is 11.9 Å². The summed E-state index contributed by atoms with van der Waals surface area (Å²) in [5, 5.41) is 2.56. The summed E-state index contributed by atoms with van der Waals surface area (Å²) >= 11 is 0. The van der Waals surface area contributed by atoms with Gasteiger partial charge in [-0.3, -0.25) is 4.79 Å². The van der Waals surface area contributed by atoms with Gasteiger partial charge in [-0.05, 0) is 19.9 Å². The summed E-state index contributed by atoms with van der Waals surface area (Å²) in [7, 11) is 0. The van der Waals surface area contributed by atoms with Crippen molar-refractivity contribution in [2.45, 2.75) is 39.3 Å². The van der Waals surface area contributed by atoms with Gasteiger partial charge in [-0.1, -0.05) is 0 Å². The van der Waals surface area contributed by atoms with Crippen molar-refractivity contribution >= 4 is 11.9 Å². The maximum absolute atomic E-state index is 14.5. The van der Waals surface area contributed by atoms with Gasteiger partial charge < -0.3 is 10.2 Å². The molecule has 0 unspecified atom stereocenters. The SMILES string of the molecule is CC(=O)NCC1(F)CCN(c2nc(C)cc(C)n2)CC1. The molecule has 1 saturated heterocycles. The summed E-state index contributed by atoms with van der Waals surface area (Å²) in [6, 6.07) is 1.92. The average molecular weight is 280 g/mol. The first-order valence-corrected chi connectivity index (χ1v) is 6.89. The molecule has 1 aromatic rings. The van der Waals surface area contributed by atoms with Crippen molar-refractivity contribution in [1.82, 2.24) is 15.3 Å². The minimum absolute atomic E-state index is 0.0872. The second-order valence-electron chi connectivity index (χ2n) is 5.50. The number of rotatable bonds is 3. The number of alkyl halides is 1. The standard InChI is InChI=1S/C14H21FN4O/c1-10-8-11(2)18-13(17-10)19-6-4-14(15,5-7-19)9-16-12(3)20/h8H,4-7,9H2,1-3H3,(H,16,20). The number of hydrogen-bond donors (Lipinski definition) is 1. The lowest BCUT2D eigenvalue weighted by Gasteiger charge is -2.36. The molecule has 2 rings (SSSR count). The molecule has 0 saturated carbocycles. The minimum Gasteiger partial charge on any atom is -0.353 e. The number of halogens is 1. The Bertz CT molecular complexity index is 478. The third-order valence-corrected chi connectivity index (χ3v) is 3.57. The number of amides is 1. The Kier molecular flexibility index (Phi) is 4.20. The quantitative estimate of drug-likeness (QED) is 0.912. The fraction of sp³-hybridized carbons (Fsp3) is 0.643. The summed E-state index contributed by atoms with van der Waals surface area (Å²) in [5.41, 5.74) is 0.520. The maximum Gasteiger partial charge on any atom is 0.225 e. The maximum atomic E-state index is 14.5. The molecule has 20 heavy (non-hydrogen) atoms. The zero-order valence-electron chi connectivity index (χ0n) is 12.2. The average Bonchev–Trinajstić information content (AvgIpc) is 2.36. The first-order valence-electron chi connectivity index (χ1n) is 6.89. The van der Waals surface area contributed by atoms with Gasteiger partial charge in [0.1, 0.15) is 5.67 Å². The van der Waals surface area contributed by atoms with Gasteiger partial charge in [0.05, 0.1) is 6.54 Å². The van der Waals surface area contributed by atoms with Crippen LogP contribution < -0.4 is 10.2 Å². The van der Waals surface area contributed by atoms with Gasteiger partial charge in [-0.2, -0.15) is 0 Å². The van der Waals surface area contributed by atoms with E-state index < -0.39 is 5.67 Å². The monoisotopic (exact) mass is 280 g/mol. The lowest BCUT2D eigenvalue weighted by atomic mass is 9.93. The molecule has 0 aromatic carbocycles. The molecule has 5 nitrogen and oxygen atoms in total. The van der Waals surface area contributed by atoms with E-state index >= 15 is 0 Å². The van der Waals surface area contributed by atoms with Crippen LogP contribution in [0.3, 0.4) is 0 Å². The number of aromatic nitrogens is 2. The highest BCUT2D eigenvalue weighted by Gasteiger charge is 2.35. The molecule has 1 N–H and O–H groups in total. The zero-order valence-corrected chi connectivity index (χ0v) is 12.2. The van der Waals surface area contributed by atoms with Crippen LogP contribution in [0, 0.1) is 13.8 Å². The van der Waals surface area contributed by atoms with Crippen LogP contribution in [0.4, 0.5) is 10.3 Å². The normalized spacial score (nSPS) is 17.9. The predicted octanol–water partition coefficient (Wildman–Crippen LogP) is 1.54. The van der Waals surface area contributed by atoms with Crippen LogP contribution in [0.2, 0.25) is 0 Å². The molecule has 1 fully saturated rings. The van der Waals surface area contributed by atoms with E-state index in [1.807, 2.05) is 24.8 Å². The van der Waals surface area contributed by atoms with Crippen LogP contribution >= 0.6 is 0 Å². The Balaban J connectivity index is 1.98. The summed E-state index contributed by atoms with van der Waals surface area (Å²) in [5.74, 6) is 0.478. The molecule has 1 aromatic heterocycles. The van der Waals surface area contributed by atoms with Crippen molar-refractivity contribution < 1.29 is 9.18 Å². The van der Waals surface area contributed by atoms with Gasteiger partial charge >= 0.3 is 0 Å². The smallest absolute Gasteiger partial charge is 0.225 e. The molecule has 1 amide bonds. The number of hydrogen-bond acceptors (Lipinski definition) is 4. The second-order valence-corrected chi connectivity index (χ2v) is 5.50. The lowest BCUT2D eigenvalue weighted by molar-refractivity contribution is -0.119. The molecule has 2 heterocycles. The van der Waals surface area contributed by atoms with Crippen molar-refractivity contribution in [2.75, 3.05) is 24.5 Å². The Morgan fingerprint density at radius 1 is 1.35 bits per heavy atom. The number of anilines is 1. The van der Waals surface area contributed by atoms with Crippen LogP contribution in [0.5, 0.6) is 0 Å². The highest BCUT2D eigenvalue weighted by molar-refractivity contribution is 5.72. The molecule has 0 bridgehead atoms. The number of nitrogens with zero attached hydrogens (tertiary/aromatic N) is 3. The highest BCUT2D eigenvalue weighted by Crippen LogP contribution is 2.27. The summed E-state index contributed by atoms with van der Waals surface area (Å²) in [6.07, 6.45) is 0.757. The van der Waals surface area contributed by atoms with Crippen LogP contribution in [0.15, 0.2) is 6.07 Å². The molecule has 0 aliphatic carbocycles. The number of carbonyl (C=O) groups is 1. The zero-order chi connectivity index (χ0) is 14.8. The molecule has 6 heteroatoms. The summed E-state index contributed by atoms with van der Waals surface area (Å²) in [4.78, 5) is 21.7. The number of piperidine rings is 1. The Morgan fingerprint density at radius 3 is 2.40 bits per heavy atom. The van der Waals surface area contributed by atoms with Crippen LogP contribution in [0.25, 0.3) is 0 Å². The van der Waals surface area contributed by atoms with Crippen LogP contribution in [-0.4, -0.2) is 41.2 Å². The van der Waals surface area contributed by atoms with Crippen LogP contribution in [-0.2, 0) is 4.79 Å². The number of aryl methyl sites for hydroxylation is 2. The van der Waals surface area contributed by atoms with E-state index in [-0.39, 0.29) is 12.5 Å². The fourth-order valence-electron chi connectivity index (χ4n) is 2.42. The lowest BCUT2D eigenvalue weighted by Crippen LogP contribution is -2.48. The molecular formula is C14H21FN4O. The first-order chi connectivity index (χ1) is 9.38. The van der Waals surface area contributed by atoms with Crippen molar-refractivity contribution in [3.05, 3.63) is 17.5 Å². The van der Waals surface area contributed by atoms with E-state index in [0.29, 0.717) is 31.9 Å². The molecule has 1 aliphatic rings. The highest BCUT2D eigenvalue weighted by atomic mass is 19.1. The van der Waals surface area contributed by atoms with Crippen LogP contribution in [0.1, 0.15) is 31.2 Å². The van der Waals surface area contributed by atoms with Crippen molar-refractivity contribution in [3.63, 3.8) is 0 Å². The molecule has 1 aliphatic heterocycles. The third-order valence-electron chi connectivity index (χ3n) is 3.57. The predicted molar refractivity (Wildman–Crippen MR) is 75.5 cm³/mol. The topological polar surface area (TPSA) is 58.1 Å². The first kappa shape index (κ1) is 14.7. The van der Waals surface area contributed by atoms with Gasteiger partial charge in [0, 0.05) is 44.2 Å². The Labute approximate surface area is 118 Å². The van der Waals surface area contributed by atoms with Crippen molar-refractivity contribution in [1.29, 1.82) is 0 Å². The van der Waals surface area contributed by atoms with Crippen molar-refractivity contribution in [3.8, 4) is 0 Å². The van der Waals surface area contributed by atoms with Crippen molar-refractivity contribution in [2.24, 2.45) is 0 Å². The summed E-state index contributed by atoms with van der Waals surface area (Å²) in [6.45, 7) is 6.49. The number of carbonyl (C=O) groups excluding carboxylic acids is 1. The minimum atomic E-state index is -1.32. The molecular weight excluding hydrogens is 259 g/mol. The van der Waals surface area contributed by atoms with E-state index in [1.165, 1.54) is 6.92 Å². The fourth-order valence-corrected chi connectivity index (χ4v) is 2.42. The van der Waals surface area contributed by atoms with E-state index in [9.17, 15) is 9.18 Å². The molecule has 0 radical (unpaired) electrons. The van der Waals surface area contributed by atoms with E-state index in [2.05, 4.69) is 15.3 Å². The summed E-state index contributed by atoms with van der Waals surface area (Å²) < 4.78 is 14.5. The van der Waals surface area contributed by atoms with Gasteiger partial charge in [0.15, 0.2) is 0 Å². The second kappa shape index (κ2) is 5.73. The molecule has 110 valence electrons.